The van der Waals surface area contributed by atoms with Crippen LogP contribution in [0.3, 0.4) is 0 Å². The molecule has 9 heteroatoms. The highest BCUT2D eigenvalue weighted by atomic mass is 32.2. The number of anilines is 2. The second kappa shape index (κ2) is 9.82. The number of benzene rings is 2. The number of hydrogen-bond donors (Lipinski definition) is 2. The van der Waals surface area contributed by atoms with Gasteiger partial charge in [-0.1, -0.05) is 13.8 Å². The lowest BCUT2D eigenvalue weighted by atomic mass is 10.1. The first-order valence-corrected chi connectivity index (χ1v) is 11.7. The van der Waals surface area contributed by atoms with Crippen LogP contribution in [0.2, 0.25) is 0 Å². The molecule has 8 nitrogen and oxygen atoms in total. The summed E-state index contributed by atoms with van der Waals surface area (Å²) >= 11 is 0. The van der Waals surface area contributed by atoms with Crippen LogP contribution in [0.25, 0.3) is 0 Å². The van der Waals surface area contributed by atoms with Crippen LogP contribution in [-0.4, -0.2) is 39.2 Å². The van der Waals surface area contributed by atoms with E-state index >= 15 is 0 Å². The molecule has 0 bridgehead atoms. The zero-order chi connectivity index (χ0) is 22.4. The third-order valence-corrected chi connectivity index (χ3v) is 6.23. The number of hydrogen-bond acceptors (Lipinski definition) is 6. The van der Waals surface area contributed by atoms with Crippen LogP contribution in [-0.2, 0) is 19.4 Å². The van der Waals surface area contributed by atoms with Crippen molar-refractivity contribution in [1.82, 2.24) is 0 Å². The van der Waals surface area contributed by atoms with Crippen molar-refractivity contribution in [2.45, 2.75) is 31.6 Å². The standard InChI is InChI=1S/C22H26N2O6S/c1-15(2)13-22(26)24-17-5-3-16(4-6-17)23-21(25)9-12-31(27,28)18-7-8-19-20(14-18)30-11-10-29-19/h3-8,14-15H,9-13H2,1-2H3,(H,23,25)(H,24,26). The lowest BCUT2D eigenvalue weighted by Crippen LogP contribution is -2.18. The fourth-order valence-corrected chi connectivity index (χ4v) is 4.26. The number of sulfone groups is 1. The third kappa shape index (κ3) is 6.45. The second-order valence-corrected chi connectivity index (χ2v) is 9.76. The van der Waals surface area contributed by atoms with E-state index < -0.39 is 15.7 Å². The van der Waals surface area contributed by atoms with Crippen molar-refractivity contribution in [3.8, 4) is 11.5 Å². The molecule has 0 spiro atoms. The van der Waals surface area contributed by atoms with Gasteiger partial charge in [0.05, 0.1) is 10.6 Å². The molecular weight excluding hydrogens is 420 g/mol. The van der Waals surface area contributed by atoms with Gasteiger partial charge in [0.15, 0.2) is 21.3 Å². The summed E-state index contributed by atoms with van der Waals surface area (Å²) in [4.78, 5) is 24.1. The van der Waals surface area contributed by atoms with E-state index in [2.05, 4.69) is 10.6 Å². The van der Waals surface area contributed by atoms with Crippen molar-refractivity contribution >= 4 is 33.0 Å². The fraction of sp³-hybridized carbons (Fsp3) is 0.364. The SMILES string of the molecule is CC(C)CC(=O)Nc1ccc(NC(=O)CCS(=O)(=O)c2ccc3c(c2)OCCO3)cc1. The minimum atomic E-state index is -3.66. The van der Waals surface area contributed by atoms with Crippen LogP contribution in [0.5, 0.6) is 11.5 Å². The minimum absolute atomic E-state index is 0.0730. The quantitative estimate of drug-likeness (QED) is 0.644. The first-order chi connectivity index (χ1) is 14.7. The van der Waals surface area contributed by atoms with E-state index in [4.69, 9.17) is 9.47 Å². The van der Waals surface area contributed by atoms with Gasteiger partial charge in [0.1, 0.15) is 13.2 Å². The Kier molecular flexibility index (Phi) is 7.17. The van der Waals surface area contributed by atoms with Gasteiger partial charge in [0, 0.05) is 30.3 Å². The summed E-state index contributed by atoms with van der Waals surface area (Å²) in [5.41, 5.74) is 1.15. The van der Waals surface area contributed by atoms with Crippen molar-refractivity contribution in [1.29, 1.82) is 0 Å². The Hall–Kier alpha value is -3.07. The maximum absolute atomic E-state index is 12.6. The van der Waals surface area contributed by atoms with E-state index in [1.54, 1.807) is 30.3 Å². The molecule has 2 aromatic rings. The van der Waals surface area contributed by atoms with Gasteiger partial charge in [-0.25, -0.2) is 8.42 Å². The largest absolute Gasteiger partial charge is 0.486 e. The van der Waals surface area contributed by atoms with E-state index in [1.807, 2.05) is 13.8 Å². The molecule has 1 heterocycles. The fourth-order valence-electron chi connectivity index (χ4n) is 3.01. The van der Waals surface area contributed by atoms with Crippen molar-refractivity contribution < 1.29 is 27.5 Å². The van der Waals surface area contributed by atoms with Gasteiger partial charge in [-0.2, -0.15) is 0 Å². The molecule has 0 unspecified atom stereocenters. The molecule has 0 fully saturated rings. The molecule has 1 aliphatic heterocycles. The predicted octanol–water partition coefficient (Wildman–Crippen LogP) is 3.24. The maximum atomic E-state index is 12.6. The average molecular weight is 447 g/mol. The van der Waals surface area contributed by atoms with Crippen molar-refractivity contribution in [2.75, 3.05) is 29.6 Å². The first-order valence-electron chi connectivity index (χ1n) is 10.0. The van der Waals surface area contributed by atoms with Crippen LogP contribution in [0.4, 0.5) is 11.4 Å². The lowest BCUT2D eigenvalue weighted by Gasteiger charge is -2.18. The Morgan fingerprint density at radius 3 is 2.10 bits per heavy atom. The number of rotatable bonds is 8. The molecule has 0 radical (unpaired) electrons. The normalized spacial score (nSPS) is 13.0. The molecule has 166 valence electrons. The number of fused-ring (bicyclic) bond motifs is 1. The number of amides is 2. The summed E-state index contributed by atoms with van der Waals surface area (Å²) in [5, 5.41) is 5.46. The third-order valence-electron chi connectivity index (χ3n) is 4.52. The van der Waals surface area contributed by atoms with Crippen LogP contribution in [0, 0.1) is 5.92 Å². The monoisotopic (exact) mass is 446 g/mol. The van der Waals surface area contributed by atoms with Gasteiger partial charge < -0.3 is 20.1 Å². The number of carbonyl (C=O) groups is 2. The molecule has 0 aliphatic carbocycles. The van der Waals surface area contributed by atoms with Gasteiger partial charge in [0.25, 0.3) is 0 Å². The molecule has 0 aromatic heterocycles. The molecule has 0 saturated heterocycles. The minimum Gasteiger partial charge on any atom is -0.486 e. The molecule has 31 heavy (non-hydrogen) atoms. The van der Waals surface area contributed by atoms with Gasteiger partial charge >= 0.3 is 0 Å². The topological polar surface area (TPSA) is 111 Å². The van der Waals surface area contributed by atoms with Crippen LogP contribution < -0.4 is 20.1 Å². The zero-order valence-corrected chi connectivity index (χ0v) is 18.3. The number of carbonyl (C=O) groups excluding carboxylic acids is 2. The average Bonchev–Trinajstić information content (AvgIpc) is 2.73. The van der Waals surface area contributed by atoms with Crippen LogP contribution in [0.1, 0.15) is 26.7 Å². The predicted molar refractivity (Wildman–Crippen MR) is 117 cm³/mol. The molecule has 1 aliphatic rings. The summed E-state index contributed by atoms with van der Waals surface area (Å²) in [5.74, 6) is 0.330. The summed E-state index contributed by atoms with van der Waals surface area (Å²) in [7, 11) is -3.66. The first kappa shape index (κ1) is 22.6. The van der Waals surface area contributed by atoms with Gasteiger partial charge in [-0.3, -0.25) is 9.59 Å². The van der Waals surface area contributed by atoms with Crippen LogP contribution in [0.15, 0.2) is 47.4 Å². The van der Waals surface area contributed by atoms with Crippen molar-refractivity contribution in [3.05, 3.63) is 42.5 Å². The van der Waals surface area contributed by atoms with E-state index in [-0.39, 0.29) is 28.9 Å². The Morgan fingerprint density at radius 1 is 0.903 bits per heavy atom. The highest BCUT2D eigenvalue weighted by Crippen LogP contribution is 2.32. The zero-order valence-electron chi connectivity index (χ0n) is 17.5. The Balaban J connectivity index is 1.53. The van der Waals surface area contributed by atoms with Crippen molar-refractivity contribution in [2.24, 2.45) is 5.92 Å². The molecule has 2 N–H and O–H groups in total. The molecule has 2 aromatic carbocycles. The molecule has 0 saturated carbocycles. The molecular formula is C22H26N2O6S. The highest BCUT2D eigenvalue weighted by Gasteiger charge is 2.20. The summed E-state index contributed by atoms with van der Waals surface area (Å²) in [6.45, 7) is 4.71. The van der Waals surface area contributed by atoms with E-state index in [9.17, 15) is 18.0 Å². The Bertz CT molecular complexity index is 1050. The van der Waals surface area contributed by atoms with Gasteiger partial charge in [-0.05, 0) is 42.3 Å². The van der Waals surface area contributed by atoms with E-state index in [0.717, 1.165) is 0 Å². The summed E-state index contributed by atoms with van der Waals surface area (Å²) in [6, 6.07) is 11.1. The Labute approximate surface area is 181 Å². The van der Waals surface area contributed by atoms with Crippen LogP contribution >= 0.6 is 0 Å². The smallest absolute Gasteiger partial charge is 0.225 e. The van der Waals surface area contributed by atoms with E-state index in [0.29, 0.717) is 42.5 Å². The number of ether oxygens (including phenoxy) is 2. The Morgan fingerprint density at radius 2 is 1.48 bits per heavy atom. The van der Waals surface area contributed by atoms with Gasteiger partial charge in [-0.15, -0.1) is 0 Å². The summed E-state index contributed by atoms with van der Waals surface area (Å²) in [6.07, 6.45) is 0.236. The number of nitrogens with one attached hydrogen (secondary N) is 2. The highest BCUT2D eigenvalue weighted by molar-refractivity contribution is 7.91. The molecule has 3 rings (SSSR count). The van der Waals surface area contributed by atoms with Crippen molar-refractivity contribution in [3.63, 3.8) is 0 Å². The molecule has 2 amide bonds. The van der Waals surface area contributed by atoms with E-state index in [1.165, 1.54) is 12.1 Å². The maximum Gasteiger partial charge on any atom is 0.225 e. The summed E-state index contributed by atoms with van der Waals surface area (Å²) < 4.78 is 36.0. The second-order valence-electron chi connectivity index (χ2n) is 7.65. The van der Waals surface area contributed by atoms with Gasteiger partial charge in [0.2, 0.25) is 11.8 Å². The molecule has 0 atom stereocenters. The lowest BCUT2D eigenvalue weighted by molar-refractivity contribution is -0.117.